The summed E-state index contributed by atoms with van der Waals surface area (Å²) in [5, 5.41) is 11.0. The Balaban J connectivity index is 2.36. The van der Waals surface area contributed by atoms with Crippen molar-refractivity contribution in [3.05, 3.63) is 86.5 Å². The Labute approximate surface area is 192 Å². The predicted molar refractivity (Wildman–Crippen MR) is 132 cm³/mol. The fourth-order valence-electron chi connectivity index (χ4n) is 3.13. The van der Waals surface area contributed by atoms with E-state index in [0.717, 1.165) is 44.1 Å². The van der Waals surface area contributed by atoms with E-state index >= 15 is 0 Å². The molecule has 0 aromatic heterocycles. The average Bonchev–Trinajstić information content (AvgIpc) is 2.73. The number of hydrogen-bond acceptors (Lipinski definition) is 4. The molecule has 0 amide bonds. The number of nitro groups is 1. The van der Waals surface area contributed by atoms with Gasteiger partial charge in [-0.15, -0.1) is 0 Å². The first-order chi connectivity index (χ1) is 15.2. The second kappa shape index (κ2) is 15.0. The molecule has 0 saturated carbocycles. The van der Waals surface area contributed by atoms with Gasteiger partial charge in [0.05, 0.1) is 4.92 Å². The first kappa shape index (κ1) is 27.1. The van der Waals surface area contributed by atoms with E-state index in [4.69, 9.17) is 4.74 Å². The van der Waals surface area contributed by atoms with E-state index in [2.05, 4.69) is 45.9 Å². The molecular weight excluding hydrogens is 402 g/mol. The molecule has 0 bridgehead atoms. The number of benzene rings is 1. The minimum absolute atomic E-state index is 0.0247. The van der Waals surface area contributed by atoms with E-state index in [9.17, 15) is 14.9 Å². The zero-order chi connectivity index (χ0) is 23.9. The molecule has 1 rings (SSSR count). The van der Waals surface area contributed by atoms with Crippen molar-refractivity contribution in [2.45, 2.75) is 73.1 Å². The van der Waals surface area contributed by atoms with Gasteiger partial charge in [-0.2, -0.15) is 0 Å². The maximum absolute atomic E-state index is 12.1. The van der Waals surface area contributed by atoms with Crippen LogP contribution in [0.15, 0.2) is 70.9 Å². The summed E-state index contributed by atoms with van der Waals surface area (Å²) in [6.07, 6.45) is 14.9. The lowest BCUT2D eigenvalue weighted by atomic mass is 10.0. The zero-order valence-corrected chi connectivity index (χ0v) is 20.1. The minimum Gasteiger partial charge on any atom is -0.458 e. The van der Waals surface area contributed by atoms with Crippen molar-refractivity contribution >= 4 is 11.7 Å². The highest BCUT2D eigenvalue weighted by Gasteiger charge is 2.19. The molecule has 0 N–H and O–H groups in total. The second-order valence-electron chi connectivity index (χ2n) is 8.42. The molecule has 0 spiro atoms. The van der Waals surface area contributed by atoms with Gasteiger partial charge in [0.2, 0.25) is 0 Å². The first-order valence-electron chi connectivity index (χ1n) is 11.2. The Bertz CT molecular complexity index is 887. The van der Waals surface area contributed by atoms with Gasteiger partial charge in [0.15, 0.2) is 0 Å². The molecular formula is C27H37NO4. The van der Waals surface area contributed by atoms with Crippen LogP contribution in [-0.2, 0) is 4.74 Å². The van der Waals surface area contributed by atoms with Crippen molar-refractivity contribution in [1.82, 2.24) is 0 Å². The van der Waals surface area contributed by atoms with Gasteiger partial charge in [-0.1, -0.05) is 52.7 Å². The lowest BCUT2D eigenvalue weighted by molar-refractivity contribution is -0.385. The molecule has 5 heteroatoms. The highest BCUT2D eigenvalue weighted by Crippen LogP contribution is 2.19. The van der Waals surface area contributed by atoms with Crippen LogP contribution in [0.2, 0.25) is 0 Å². The Kier molecular flexibility index (Phi) is 12.7. The second-order valence-corrected chi connectivity index (χ2v) is 8.42. The fraction of sp³-hybridized carbons (Fsp3) is 0.444. The highest BCUT2D eigenvalue weighted by atomic mass is 16.6. The van der Waals surface area contributed by atoms with Crippen LogP contribution in [-0.4, -0.2) is 17.5 Å². The first-order valence-corrected chi connectivity index (χ1v) is 11.2. The molecule has 0 aliphatic rings. The van der Waals surface area contributed by atoms with Crippen molar-refractivity contribution in [3.8, 4) is 0 Å². The summed E-state index contributed by atoms with van der Waals surface area (Å²) in [4.78, 5) is 22.6. The Morgan fingerprint density at radius 2 is 1.34 bits per heavy atom. The topological polar surface area (TPSA) is 69.4 Å². The number of ether oxygens (including phenoxy) is 1. The van der Waals surface area contributed by atoms with Crippen molar-refractivity contribution < 1.29 is 14.5 Å². The van der Waals surface area contributed by atoms with Gasteiger partial charge in [0.25, 0.3) is 5.69 Å². The van der Waals surface area contributed by atoms with Crippen LogP contribution in [0.5, 0.6) is 0 Å². The average molecular weight is 440 g/mol. The number of nitro benzene ring substituents is 1. The Morgan fingerprint density at radius 3 is 1.88 bits per heavy atom. The number of carbonyl (C=O) groups is 1. The zero-order valence-electron chi connectivity index (χ0n) is 20.1. The molecule has 0 fully saturated rings. The number of para-hydroxylation sites is 1. The van der Waals surface area contributed by atoms with Crippen LogP contribution in [0.25, 0.3) is 0 Å². The Morgan fingerprint density at radius 1 is 0.844 bits per heavy atom. The molecule has 0 unspecified atom stereocenters. The summed E-state index contributed by atoms with van der Waals surface area (Å²) >= 11 is 0. The van der Waals surface area contributed by atoms with Gasteiger partial charge in [0, 0.05) is 6.07 Å². The highest BCUT2D eigenvalue weighted by molar-refractivity contribution is 5.93. The molecule has 0 heterocycles. The Hall–Kier alpha value is -2.95. The number of carbonyl (C=O) groups excluding carboxylic acids is 1. The molecule has 0 aliphatic carbocycles. The third-order valence-corrected chi connectivity index (χ3v) is 5.12. The molecule has 174 valence electrons. The third-order valence-electron chi connectivity index (χ3n) is 5.12. The normalized spacial score (nSPS) is 12.5. The van der Waals surface area contributed by atoms with Gasteiger partial charge in [-0.25, -0.2) is 4.79 Å². The third kappa shape index (κ3) is 11.4. The summed E-state index contributed by atoms with van der Waals surface area (Å²) < 4.78 is 5.19. The molecule has 1 aromatic carbocycles. The van der Waals surface area contributed by atoms with Gasteiger partial charge in [0.1, 0.15) is 12.2 Å². The van der Waals surface area contributed by atoms with Crippen LogP contribution in [0.3, 0.4) is 0 Å². The van der Waals surface area contributed by atoms with Crippen LogP contribution < -0.4 is 0 Å². The van der Waals surface area contributed by atoms with Crippen LogP contribution >= 0.6 is 0 Å². The van der Waals surface area contributed by atoms with Crippen LogP contribution in [0.1, 0.15) is 83.5 Å². The summed E-state index contributed by atoms with van der Waals surface area (Å²) in [5.74, 6) is -0.679. The summed E-state index contributed by atoms with van der Waals surface area (Å²) in [5.41, 5.74) is 5.07. The molecule has 0 atom stereocenters. The molecule has 1 aromatic rings. The predicted octanol–water partition coefficient (Wildman–Crippen LogP) is 7.90. The number of nitrogens with zero attached hydrogens (tertiary/aromatic N) is 1. The van der Waals surface area contributed by atoms with Crippen molar-refractivity contribution in [2.75, 3.05) is 6.61 Å². The summed E-state index contributed by atoms with van der Waals surface area (Å²) in [7, 11) is 0. The van der Waals surface area contributed by atoms with E-state index in [0.29, 0.717) is 0 Å². The van der Waals surface area contributed by atoms with Gasteiger partial charge in [-0.3, -0.25) is 10.1 Å². The van der Waals surface area contributed by atoms with Gasteiger partial charge >= 0.3 is 5.97 Å². The lowest BCUT2D eigenvalue weighted by Crippen LogP contribution is -2.08. The van der Waals surface area contributed by atoms with Crippen molar-refractivity contribution in [3.63, 3.8) is 0 Å². The van der Waals surface area contributed by atoms with Gasteiger partial charge in [-0.05, 0) is 85.3 Å². The maximum Gasteiger partial charge on any atom is 0.345 e. The maximum atomic E-state index is 12.1. The van der Waals surface area contributed by atoms with Crippen LogP contribution in [0.4, 0.5) is 5.69 Å². The number of hydrogen-bond donors (Lipinski definition) is 0. The SMILES string of the molecule is CC(C)=CCCC(C)=CCCC(C)=CCCC(C)=CCOC(=O)c1ccccc1[N+](=O)[O-]. The molecule has 0 saturated heterocycles. The van der Waals surface area contributed by atoms with E-state index in [1.165, 1.54) is 34.9 Å². The smallest absolute Gasteiger partial charge is 0.345 e. The number of esters is 1. The fourth-order valence-corrected chi connectivity index (χ4v) is 3.13. The molecule has 5 nitrogen and oxygen atoms in total. The van der Waals surface area contributed by atoms with E-state index in [-0.39, 0.29) is 17.9 Å². The van der Waals surface area contributed by atoms with Crippen LogP contribution in [0, 0.1) is 10.1 Å². The van der Waals surface area contributed by atoms with E-state index < -0.39 is 10.9 Å². The minimum atomic E-state index is -0.679. The number of rotatable bonds is 13. The summed E-state index contributed by atoms with van der Waals surface area (Å²) in [6, 6.07) is 5.82. The molecule has 32 heavy (non-hydrogen) atoms. The quantitative estimate of drug-likeness (QED) is 0.136. The lowest BCUT2D eigenvalue weighted by Gasteiger charge is -2.05. The van der Waals surface area contributed by atoms with Crippen molar-refractivity contribution in [2.24, 2.45) is 0 Å². The van der Waals surface area contributed by atoms with Crippen molar-refractivity contribution in [1.29, 1.82) is 0 Å². The standard InChI is InChI=1S/C27H37NO4/c1-21(2)11-8-12-22(3)13-9-14-23(4)15-10-16-24(5)19-20-32-27(29)25-17-6-7-18-26(25)28(30)31/h6-7,11,13,15,17-19H,8-10,12,14,16,20H2,1-5H3. The monoisotopic (exact) mass is 439 g/mol. The summed E-state index contributed by atoms with van der Waals surface area (Å²) in [6.45, 7) is 10.7. The largest absolute Gasteiger partial charge is 0.458 e. The van der Waals surface area contributed by atoms with E-state index in [1.54, 1.807) is 6.07 Å². The van der Waals surface area contributed by atoms with E-state index in [1.807, 2.05) is 13.0 Å². The van der Waals surface area contributed by atoms with Gasteiger partial charge < -0.3 is 4.74 Å². The number of allylic oxidation sites excluding steroid dienone is 7. The molecule has 0 radical (unpaired) electrons. The molecule has 0 aliphatic heterocycles.